The molecule has 0 aliphatic carbocycles. The van der Waals surface area contributed by atoms with Crippen molar-refractivity contribution < 1.29 is 19.2 Å². The minimum absolute atomic E-state index is 0.0966. The summed E-state index contributed by atoms with van der Waals surface area (Å²) in [6, 6.07) is 0. The maximum absolute atomic E-state index is 13.7. The fraction of sp³-hybridized carbons (Fsp3) is 0.625. The first-order valence-corrected chi connectivity index (χ1v) is 5.30. The highest BCUT2D eigenvalue weighted by Gasteiger charge is 2.47. The van der Waals surface area contributed by atoms with Crippen molar-refractivity contribution >= 4 is 17.5 Å². The van der Waals surface area contributed by atoms with E-state index in [1.165, 1.54) is 6.20 Å². The number of hydrogen-bond acceptors (Lipinski definition) is 5. The van der Waals surface area contributed by atoms with Crippen LogP contribution in [0.2, 0.25) is 0 Å². The molecule has 1 aliphatic heterocycles. The van der Waals surface area contributed by atoms with Gasteiger partial charge in [-0.2, -0.15) is 4.57 Å². The topological polar surface area (TPSA) is 90.4 Å². The molecule has 1 N–H and O–H groups in total. The first-order chi connectivity index (χ1) is 8.06. The molecule has 0 spiro atoms. The molecule has 1 aliphatic rings. The quantitative estimate of drug-likeness (QED) is 0.492. The average Bonchev–Trinajstić information content (AvgIpc) is 2.86. The highest BCUT2D eigenvalue weighted by Crippen LogP contribution is 2.34. The SMILES string of the molecule is O=[N+]([O-])c1nccn1[C@@H]1O[C@H](CCl)[C@@H](O)[C@@H]1F. The third-order valence-electron chi connectivity index (χ3n) is 2.53. The van der Waals surface area contributed by atoms with Gasteiger partial charge in [0.1, 0.15) is 24.6 Å². The van der Waals surface area contributed by atoms with Gasteiger partial charge in [0.2, 0.25) is 6.23 Å². The molecule has 0 aromatic carbocycles. The van der Waals surface area contributed by atoms with Crippen LogP contribution in [0, 0.1) is 10.1 Å². The van der Waals surface area contributed by atoms with Gasteiger partial charge in [-0.1, -0.05) is 4.98 Å². The largest absolute Gasteiger partial charge is 0.436 e. The fourth-order valence-electron chi connectivity index (χ4n) is 1.70. The lowest BCUT2D eigenvalue weighted by Gasteiger charge is -2.11. The van der Waals surface area contributed by atoms with Crippen LogP contribution in [-0.4, -0.2) is 43.8 Å². The highest BCUT2D eigenvalue weighted by molar-refractivity contribution is 6.18. The third-order valence-corrected chi connectivity index (χ3v) is 2.84. The molecule has 0 radical (unpaired) electrons. The number of ether oxygens (including phenoxy) is 1. The predicted molar refractivity (Wildman–Crippen MR) is 54.4 cm³/mol. The molecule has 1 fully saturated rings. The zero-order valence-electron chi connectivity index (χ0n) is 8.44. The Hall–Kier alpha value is -1.25. The number of imidazole rings is 1. The normalized spacial score (nSPS) is 32.9. The van der Waals surface area contributed by atoms with Gasteiger partial charge < -0.3 is 20.0 Å². The van der Waals surface area contributed by atoms with E-state index in [2.05, 4.69) is 4.98 Å². The average molecular weight is 266 g/mol. The molecule has 0 unspecified atom stereocenters. The van der Waals surface area contributed by atoms with Crippen molar-refractivity contribution in [3.05, 3.63) is 22.5 Å². The Kier molecular flexibility index (Phi) is 3.27. The van der Waals surface area contributed by atoms with Crippen LogP contribution in [0.5, 0.6) is 0 Å². The van der Waals surface area contributed by atoms with Crippen molar-refractivity contribution in [3.8, 4) is 0 Å². The standard InChI is InChI=1S/C8H9ClFN3O4/c9-3-4-6(14)5(10)7(17-4)12-2-1-11-8(12)13(15)16/h1-2,4-7,14H,3H2/t4-,5+,6-,7-/m1/s1. The Morgan fingerprint density at radius 1 is 1.76 bits per heavy atom. The molecule has 2 heterocycles. The van der Waals surface area contributed by atoms with Crippen LogP contribution in [0.4, 0.5) is 10.3 Å². The number of halogens is 2. The third kappa shape index (κ3) is 1.99. The smallest absolute Gasteiger partial charge is 0.390 e. The summed E-state index contributed by atoms with van der Waals surface area (Å²) >= 11 is 5.49. The zero-order valence-corrected chi connectivity index (χ0v) is 9.20. The van der Waals surface area contributed by atoms with Crippen molar-refractivity contribution in [2.75, 3.05) is 5.88 Å². The van der Waals surface area contributed by atoms with E-state index in [1.54, 1.807) is 0 Å². The second-order valence-corrected chi connectivity index (χ2v) is 3.85. The van der Waals surface area contributed by atoms with Crippen LogP contribution in [0.25, 0.3) is 0 Å². The van der Waals surface area contributed by atoms with Crippen molar-refractivity contribution in [1.29, 1.82) is 0 Å². The first kappa shape index (κ1) is 12.2. The van der Waals surface area contributed by atoms with Gasteiger partial charge in [-0.3, -0.25) is 0 Å². The number of nitrogens with zero attached hydrogens (tertiary/aromatic N) is 3. The van der Waals surface area contributed by atoms with E-state index < -0.39 is 35.5 Å². The molecule has 0 bridgehead atoms. The molecule has 1 aromatic rings. The highest BCUT2D eigenvalue weighted by atomic mass is 35.5. The summed E-state index contributed by atoms with van der Waals surface area (Å²) in [5.41, 5.74) is 0. The molecule has 94 valence electrons. The molecule has 2 rings (SSSR count). The molecule has 0 amide bonds. The summed E-state index contributed by atoms with van der Waals surface area (Å²) in [6.45, 7) is 0. The van der Waals surface area contributed by atoms with Crippen LogP contribution in [0.1, 0.15) is 6.23 Å². The molecular weight excluding hydrogens is 257 g/mol. The zero-order chi connectivity index (χ0) is 12.6. The molecule has 1 saturated heterocycles. The van der Waals surface area contributed by atoms with Gasteiger partial charge in [0.15, 0.2) is 6.17 Å². The summed E-state index contributed by atoms with van der Waals surface area (Å²) in [4.78, 5) is 13.4. The maximum Gasteiger partial charge on any atom is 0.436 e. The summed E-state index contributed by atoms with van der Waals surface area (Å²) in [5, 5.41) is 20.1. The van der Waals surface area contributed by atoms with Gasteiger partial charge in [0.25, 0.3) is 0 Å². The monoisotopic (exact) mass is 265 g/mol. The van der Waals surface area contributed by atoms with Gasteiger partial charge in [-0.15, -0.1) is 11.6 Å². The second kappa shape index (κ2) is 4.55. The summed E-state index contributed by atoms with van der Waals surface area (Å²) in [7, 11) is 0. The molecule has 4 atom stereocenters. The van der Waals surface area contributed by atoms with Gasteiger partial charge in [-0.25, -0.2) is 4.39 Å². The van der Waals surface area contributed by atoms with E-state index in [0.717, 1.165) is 10.8 Å². The number of aromatic nitrogens is 2. The van der Waals surface area contributed by atoms with Crippen LogP contribution in [0.15, 0.2) is 12.4 Å². The number of rotatable bonds is 3. The van der Waals surface area contributed by atoms with Crippen LogP contribution in [-0.2, 0) is 4.74 Å². The fourth-order valence-corrected chi connectivity index (χ4v) is 1.96. The van der Waals surface area contributed by atoms with Gasteiger partial charge >= 0.3 is 5.95 Å². The molecular formula is C8H9ClFN3O4. The first-order valence-electron chi connectivity index (χ1n) is 4.77. The summed E-state index contributed by atoms with van der Waals surface area (Å²) in [5.74, 6) is -0.638. The Labute approximate surface area is 99.9 Å². The minimum atomic E-state index is -1.79. The van der Waals surface area contributed by atoms with Gasteiger partial charge in [0, 0.05) is 0 Å². The Bertz CT molecular complexity index is 429. The lowest BCUT2D eigenvalue weighted by atomic mass is 10.2. The molecule has 7 nitrogen and oxygen atoms in total. The number of hydrogen-bond donors (Lipinski definition) is 1. The number of nitro groups is 1. The minimum Gasteiger partial charge on any atom is -0.390 e. The van der Waals surface area contributed by atoms with Crippen molar-refractivity contribution in [2.24, 2.45) is 0 Å². The second-order valence-electron chi connectivity index (χ2n) is 3.55. The Balaban J connectivity index is 2.29. The number of aliphatic hydroxyl groups is 1. The molecule has 0 saturated carbocycles. The van der Waals surface area contributed by atoms with Crippen LogP contribution in [0.3, 0.4) is 0 Å². The maximum atomic E-state index is 13.7. The predicted octanol–water partition coefficient (Wildman–Crippen LogP) is 0.626. The summed E-state index contributed by atoms with van der Waals surface area (Å²) < 4.78 is 19.8. The van der Waals surface area contributed by atoms with Crippen molar-refractivity contribution in [1.82, 2.24) is 9.55 Å². The van der Waals surface area contributed by atoms with Crippen molar-refractivity contribution in [2.45, 2.75) is 24.6 Å². The van der Waals surface area contributed by atoms with E-state index >= 15 is 0 Å². The Morgan fingerprint density at radius 2 is 2.47 bits per heavy atom. The number of aliphatic hydroxyl groups excluding tert-OH is 1. The lowest BCUT2D eigenvalue weighted by Crippen LogP contribution is -2.29. The van der Waals surface area contributed by atoms with Crippen molar-refractivity contribution in [3.63, 3.8) is 0 Å². The van der Waals surface area contributed by atoms with Gasteiger partial charge in [-0.05, 0) is 4.92 Å². The Morgan fingerprint density at radius 3 is 3.00 bits per heavy atom. The van der Waals surface area contributed by atoms with Crippen LogP contribution < -0.4 is 0 Å². The van der Waals surface area contributed by atoms with E-state index in [-0.39, 0.29) is 5.88 Å². The molecule has 1 aromatic heterocycles. The molecule has 17 heavy (non-hydrogen) atoms. The van der Waals surface area contributed by atoms with E-state index in [1.807, 2.05) is 0 Å². The lowest BCUT2D eigenvalue weighted by molar-refractivity contribution is -0.398. The van der Waals surface area contributed by atoms with E-state index in [0.29, 0.717) is 0 Å². The van der Waals surface area contributed by atoms with Gasteiger partial charge in [0.05, 0.1) is 5.88 Å². The summed E-state index contributed by atoms with van der Waals surface area (Å²) in [6.07, 6.45) is -2.98. The molecule has 9 heteroatoms. The van der Waals surface area contributed by atoms with E-state index in [9.17, 15) is 19.6 Å². The van der Waals surface area contributed by atoms with E-state index in [4.69, 9.17) is 16.3 Å². The number of alkyl halides is 2. The van der Waals surface area contributed by atoms with Crippen LogP contribution >= 0.6 is 11.6 Å².